The van der Waals surface area contributed by atoms with E-state index in [2.05, 4.69) is 31.3 Å². The average Bonchev–Trinajstić information content (AvgIpc) is 2.46. The van der Waals surface area contributed by atoms with Crippen molar-refractivity contribution < 1.29 is 14.9 Å². The van der Waals surface area contributed by atoms with Crippen LogP contribution in [0.3, 0.4) is 0 Å². The third-order valence-electron chi connectivity index (χ3n) is 3.22. The number of hydrogen-bond acceptors (Lipinski definition) is 4. The summed E-state index contributed by atoms with van der Waals surface area (Å²) in [6.45, 7) is 6.85. The van der Waals surface area contributed by atoms with E-state index in [4.69, 9.17) is 9.84 Å². The lowest BCUT2D eigenvalue weighted by atomic mass is 10.0. The number of aliphatic hydroxyl groups is 2. The van der Waals surface area contributed by atoms with E-state index < -0.39 is 6.10 Å². The van der Waals surface area contributed by atoms with Crippen molar-refractivity contribution in [3.05, 3.63) is 35.4 Å². The summed E-state index contributed by atoms with van der Waals surface area (Å²) in [5.74, 6) is 0.649. The van der Waals surface area contributed by atoms with E-state index >= 15 is 0 Å². The Morgan fingerprint density at radius 2 is 1.86 bits per heavy atom. The van der Waals surface area contributed by atoms with Gasteiger partial charge in [0.2, 0.25) is 0 Å². The molecule has 1 aromatic rings. The molecule has 0 aliphatic carbocycles. The first kappa shape index (κ1) is 18.1. The number of rotatable bonds is 11. The molecule has 0 aliphatic heterocycles. The Morgan fingerprint density at radius 1 is 1.14 bits per heavy atom. The first-order chi connectivity index (χ1) is 10.1. The van der Waals surface area contributed by atoms with Gasteiger partial charge in [-0.1, -0.05) is 38.1 Å². The molecule has 0 saturated heterocycles. The van der Waals surface area contributed by atoms with Crippen LogP contribution in [0.1, 0.15) is 37.5 Å². The Kier molecular flexibility index (Phi) is 9.26. The van der Waals surface area contributed by atoms with Crippen LogP contribution in [0.2, 0.25) is 0 Å². The van der Waals surface area contributed by atoms with Gasteiger partial charge in [0.25, 0.3) is 0 Å². The minimum atomic E-state index is -0.475. The Labute approximate surface area is 128 Å². The van der Waals surface area contributed by atoms with Gasteiger partial charge in [-0.2, -0.15) is 0 Å². The molecule has 0 aliphatic rings. The summed E-state index contributed by atoms with van der Waals surface area (Å²) in [6, 6.07) is 8.21. The van der Waals surface area contributed by atoms with E-state index in [9.17, 15) is 5.11 Å². The SMILES string of the molecule is CC(C)Cc1ccc(C(O)CNCCCOCCO)cc1. The van der Waals surface area contributed by atoms with Crippen molar-refractivity contribution in [2.75, 3.05) is 32.9 Å². The van der Waals surface area contributed by atoms with Gasteiger partial charge in [0.15, 0.2) is 0 Å². The van der Waals surface area contributed by atoms with Crippen LogP contribution in [-0.4, -0.2) is 43.1 Å². The van der Waals surface area contributed by atoms with E-state index in [1.54, 1.807) is 0 Å². The highest BCUT2D eigenvalue weighted by Crippen LogP contribution is 2.15. The average molecular weight is 295 g/mol. The van der Waals surface area contributed by atoms with Crippen LogP contribution in [-0.2, 0) is 11.2 Å². The number of ether oxygens (including phenoxy) is 1. The molecular formula is C17H29NO3. The van der Waals surface area contributed by atoms with Crippen LogP contribution in [0.4, 0.5) is 0 Å². The standard InChI is InChI=1S/C17H29NO3/c1-14(2)12-15-4-6-16(7-5-15)17(20)13-18-8-3-10-21-11-9-19/h4-7,14,17-20H,3,8-13H2,1-2H3. The second-order valence-electron chi connectivity index (χ2n) is 5.75. The monoisotopic (exact) mass is 295 g/mol. The molecular weight excluding hydrogens is 266 g/mol. The van der Waals surface area contributed by atoms with Gasteiger partial charge in [0.1, 0.15) is 0 Å². The zero-order chi connectivity index (χ0) is 15.5. The Hall–Kier alpha value is -0.940. The maximum absolute atomic E-state index is 10.1. The molecule has 1 aromatic carbocycles. The van der Waals surface area contributed by atoms with Crippen LogP contribution in [0.5, 0.6) is 0 Å². The van der Waals surface area contributed by atoms with Gasteiger partial charge >= 0.3 is 0 Å². The quantitative estimate of drug-likeness (QED) is 0.546. The minimum Gasteiger partial charge on any atom is -0.394 e. The molecule has 0 amide bonds. The van der Waals surface area contributed by atoms with Crippen LogP contribution >= 0.6 is 0 Å². The third kappa shape index (κ3) is 8.17. The molecule has 0 radical (unpaired) electrons. The number of hydrogen-bond donors (Lipinski definition) is 3. The fraction of sp³-hybridized carbons (Fsp3) is 0.647. The van der Waals surface area contributed by atoms with Crippen molar-refractivity contribution in [1.82, 2.24) is 5.32 Å². The van der Waals surface area contributed by atoms with Gasteiger partial charge in [-0.15, -0.1) is 0 Å². The van der Waals surface area contributed by atoms with Crippen molar-refractivity contribution >= 4 is 0 Å². The van der Waals surface area contributed by atoms with Crippen molar-refractivity contribution in [1.29, 1.82) is 0 Å². The largest absolute Gasteiger partial charge is 0.394 e. The van der Waals surface area contributed by atoms with Crippen molar-refractivity contribution in [2.45, 2.75) is 32.8 Å². The van der Waals surface area contributed by atoms with E-state index in [0.717, 1.165) is 24.9 Å². The Morgan fingerprint density at radius 3 is 2.48 bits per heavy atom. The molecule has 3 N–H and O–H groups in total. The van der Waals surface area contributed by atoms with Gasteiger partial charge in [-0.3, -0.25) is 0 Å². The summed E-state index contributed by atoms with van der Waals surface area (Å²) in [7, 11) is 0. The molecule has 0 fully saturated rings. The normalized spacial score (nSPS) is 12.8. The molecule has 0 heterocycles. The van der Waals surface area contributed by atoms with Crippen LogP contribution in [0, 0.1) is 5.92 Å². The first-order valence-electron chi connectivity index (χ1n) is 7.79. The minimum absolute atomic E-state index is 0.0684. The number of aliphatic hydroxyl groups excluding tert-OH is 2. The topological polar surface area (TPSA) is 61.7 Å². The van der Waals surface area contributed by atoms with E-state index in [-0.39, 0.29) is 6.61 Å². The zero-order valence-corrected chi connectivity index (χ0v) is 13.2. The molecule has 1 atom stereocenters. The number of benzene rings is 1. The maximum atomic E-state index is 10.1. The fourth-order valence-electron chi connectivity index (χ4n) is 2.17. The molecule has 0 aromatic heterocycles. The molecule has 4 nitrogen and oxygen atoms in total. The van der Waals surface area contributed by atoms with Crippen LogP contribution in [0.15, 0.2) is 24.3 Å². The van der Waals surface area contributed by atoms with Gasteiger partial charge in [-0.05, 0) is 36.4 Å². The Bertz CT molecular complexity index is 365. The van der Waals surface area contributed by atoms with E-state index in [0.29, 0.717) is 25.7 Å². The molecule has 0 spiro atoms. The fourth-order valence-corrected chi connectivity index (χ4v) is 2.17. The highest BCUT2D eigenvalue weighted by molar-refractivity contribution is 5.24. The summed E-state index contributed by atoms with van der Waals surface area (Å²) in [5, 5.41) is 21.9. The lowest BCUT2D eigenvalue weighted by Crippen LogP contribution is -2.23. The Balaban J connectivity index is 2.21. The number of nitrogens with one attached hydrogen (secondary N) is 1. The van der Waals surface area contributed by atoms with Gasteiger partial charge < -0.3 is 20.3 Å². The van der Waals surface area contributed by atoms with Crippen LogP contribution in [0.25, 0.3) is 0 Å². The second kappa shape index (κ2) is 10.7. The molecule has 21 heavy (non-hydrogen) atoms. The smallest absolute Gasteiger partial charge is 0.0914 e. The molecule has 0 bridgehead atoms. The molecule has 1 unspecified atom stereocenters. The van der Waals surface area contributed by atoms with Crippen molar-refractivity contribution in [3.8, 4) is 0 Å². The lowest BCUT2D eigenvalue weighted by molar-refractivity contribution is 0.0899. The third-order valence-corrected chi connectivity index (χ3v) is 3.22. The summed E-state index contributed by atoms with van der Waals surface area (Å²) in [4.78, 5) is 0. The second-order valence-corrected chi connectivity index (χ2v) is 5.75. The summed E-state index contributed by atoms with van der Waals surface area (Å²) < 4.78 is 5.17. The summed E-state index contributed by atoms with van der Waals surface area (Å²) in [6.07, 6.45) is 1.47. The summed E-state index contributed by atoms with van der Waals surface area (Å²) >= 11 is 0. The highest BCUT2D eigenvalue weighted by Gasteiger charge is 2.07. The van der Waals surface area contributed by atoms with Gasteiger partial charge in [-0.25, -0.2) is 0 Å². The molecule has 120 valence electrons. The summed E-state index contributed by atoms with van der Waals surface area (Å²) in [5.41, 5.74) is 2.27. The van der Waals surface area contributed by atoms with Gasteiger partial charge in [0, 0.05) is 13.2 Å². The molecule has 0 saturated carbocycles. The highest BCUT2D eigenvalue weighted by atomic mass is 16.5. The predicted molar refractivity (Wildman–Crippen MR) is 85.3 cm³/mol. The van der Waals surface area contributed by atoms with Gasteiger partial charge in [0.05, 0.1) is 19.3 Å². The lowest BCUT2D eigenvalue weighted by Gasteiger charge is -2.13. The zero-order valence-electron chi connectivity index (χ0n) is 13.2. The first-order valence-corrected chi connectivity index (χ1v) is 7.79. The predicted octanol–water partition coefficient (Wildman–Crippen LogP) is 1.91. The maximum Gasteiger partial charge on any atom is 0.0914 e. The van der Waals surface area contributed by atoms with Crippen molar-refractivity contribution in [3.63, 3.8) is 0 Å². The van der Waals surface area contributed by atoms with Crippen LogP contribution < -0.4 is 5.32 Å². The van der Waals surface area contributed by atoms with E-state index in [1.807, 2.05) is 12.1 Å². The molecule has 1 rings (SSSR count). The van der Waals surface area contributed by atoms with Crippen molar-refractivity contribution in [2.24, 2.45) is 5.92 Å². The van der Waals surface area contributed by atoms with E-state index in [1.165, 1.54) is 5.56 Å². The molecule has 4 heteroatoms.